The number of carboxylic acid groups (broad SMARTS) is 1. The summed E-state index contributed by atoms with van der Waals surface area (Å²) in [6.45, 7) is 1.22. The van der Waals surface area contributed by atoms with Crippen molar-refractivity contribution in [2.45, 2.75) is 49.7 Å². The van der Waals surface area contributed by atoms with E-state index in [1.165, 1.54) is 4.90 Å². The van der Waals surface area contributed by atoms with Gasteiger partial charge in [-0.25, -0.2) is 4.79 Å². The zero-order chi connectivity index (χ0) is 15.5. The highest BCUT2D eigenvalue weighted by atomic mass is 16.5. The number of urea groups is 1. The number of carbonyl (C=O) groups is 2. The van der Waals surface area contributed by atoms with Crippen LogP contribution in [0, 0.1) is 0 Å². The van der Waals surface area contributed by atoms with Gasteiger partial charge in [-0.3, -0.25) is 4.79 Å². The van der Waals surface area contributed by atoms with Crippen LogP contribution in [0.5, 0.6) is 0 Å². The molecule has 2 rings (SSSR count). The maximum atomic E-state index is 12.2. The van der Waals surface area contributed by atoms with Crippen molar-refractivity contribution in [1.82, 2.24) is 10.2 Å². The molecular weight excluding hydrogens is 276 g/mol. The van der Waals surface area contributed by atoms with Crippen LogP contribution in [-0.4, -0.2) is 65.1 Å². The summed E-state index contributed by atoms with van der Waals surface area (Å²) in [5, 5.41) is 22.2. The summed E-state index contributed by atoms with van der Waals surface area (Å²) in [5.41, 5.74) is -1.53. The Morgan fingerprint density at radius 2 is 1.86 bits per heavy atom. The fourth-order valence-corrected chi connectivity index (χ4v) is 2.98. The molecule has 7 nitrogen and oxygen atoms in total. The molecule has 0 aromatic heterocycles. The predicted octanol–water partition coefficient (Wildman–Crippen LogP) is 0.567. The van der Waals surface area contributed by atoms with E-state index in [9.17, 15) is 14.7 Å². The van der Waals surface area contributed by atoms with Gasteiger partial charge in [-0.15, -0.1) is 0 Å². The molecule has 1 saturated heterocycles. The van der Waals surface area contributed by atoms with Crippen molar-refractivity contribution in [1.29, 1.82) is 0 Å². The van der Waals surface area contributed by atoms with Crippen molar-refractivity contribution in [2.24, 2.45) is 0 Å². The number of nitrogens with one attached hydrogen (secondary N) is 1. The number of likely N-dealkylation sites (N-methyl/N-ethyl adjacent to an activating group) is 1. The molecule has 2 amide bonds. The number of hydrogen-bond donors (Lipinski definition) is 3. The third-order valence-corrected chi connectivity index (χ3v) is 4.47. The largest absolute Gasteiger partial charge is 0.481 e. The molecule has 0 atom stereocenters. The molecule has 0 spiro atoms. The van der Waals surface area contributed by atoms with Gasteiger partial charge in [-0.2, -0.15) is 0 Å². The van der Waals surface area contributed by atoms with Crippen molar-refractivity contribution in [3.05, 3.63) is 0 Å². The molecule has 0 bridgehead atoms. The number of ether oxygens (including phenoxy) is 1. The van der Waals surface area contributed by atoms with E-state index in [4.69, 9.17) is 9.84 Å². The van der Waals surface area contributed by atoms with Crippen LogP contribution in [0.25, 0.3) is 0 Å². The first-order valence-corrected chi connectivity index (χ1v) is 7.39. The van der Waals surface area contributed by atoms with E-state index in [0.29, 0.717) is 38.9 Å². The molecule has 0 radical (unpaired) electrons. The molecule has 2 aliphatic rings. The van der Waals surface area contributed by atoms with Gasteiger partial charge >= 0.3 is 12.0 Å². The first kappa shape index (κ1) is 16.0. The Kier molecular flexibility index (Phi) is 4.73. The average molecular weight is 300 g/mol. The van der Waals surface area contributed by atoms with Gasteiger partial charge < -0.3 is 25.2 Å². The minimum Gasteiger partial charge on any atom is -0.481 e. The second-order valence-electron chi connectivity index (χ2n) is 6.33. The summed E-state index contributed by atoms with van der Waals surface area (Å²) in [5.74, 6) is -0.902. The molecule has 7 heteroatoms. The Morgan fingerprint density at radius 3 is 2.33 bits per heavy atom. The molecule has 0 unspecified atom stereocenters. The molecule has 21 heavy (non-hydrogen) atoms. The minimum absolute atomic E-state index is 0.0509. The summed E-state index contributed by atoms with van der Waals surface area (Å²) in [7, 11) is 1.62. The van der Waals surface area contributed by atoms with Gasteiger partial charge in [0.25, 0.3) is 0 Å². The van der Waals surface area contributed by atoms with E-state index in [-0.39, 0.29) is 19.0 Å². The third kappa shape index (κ3) is 4.07. The zero-order valence-electron chi connectivity index (χ0n) is 12.4. The van der Waals surface area contributed by atoms with Crippen molar-refractivity contribution in [3.8, 4) is 0 Å². The van der Waals surface area contributed by atoms with Gasteiger partial charge in [0.15, 0.2) is 0 Å². The number of carboxylic acids is 1. The lowest BCUT2D eigenvalue weighted by Crippen LogP contribution is -2.59. The van der Waals surface area contributed by atoms with Crippen LogP contribution in [0.1, 0.15) is 38.5 Å². The molecule has 1 saturated carbocycles. The second kappa shape index (κ2) is 6.19. The van der Waals surface area contributed by atoms with E-state index in [1.54, 1.807) is 7.05 Å². The Balaban J connectivity index is 1.88. The third-order valence-electron chi connectivity index (χ3n) is 4.47. The summed E-state index contributed by atoms with van der Waals surface area (Å²) in [4.78, 5) is 24.6. The number of carbonyl (C=O) groups excluding carboxylic acids is 1. The summed E-state index contributed by atoms with van der Waals surface area (Å²) < 4.78 is 5.21. The van der Waals surface area contributed by atoms with Gasteiger partial charge in [-0.05, 0) is 19.3 Å². The zero-order valence-corrected chi connectivity index (χ0v) is 12.4. The Morgan fingerprint density at radius 1 is 1.24 bits per heavy atom. The Bertz CT molecular complexity index is 402. The highest BCUT2D eigenvalue weighted by Gasteiger charge is 2.41. The standard InChI is InChI=1S/C14H24N2O5/c1-16(10-14(20)5-7-21-8-6-14)12(19)15-13(3-2-4-13)9-11(17)18/h20H,2-10H2,1H3,(H,15,19)(H,17,18). The van der Waals surface area contributed by atoms with E-state index < -0.39 is 17.1 Å². The van der Waals surface area contributed by atoms with Gasteiger partial charge in [0.1, 0.15) is 0 Å². The number of nitrogens with zero attached hydrogens (tertiary/aromatic N) is 1. The molecule has 3 N–H and O–H groups in total. The summed E-state index contributed by atoms with van der Waals surface area (Å²) in [6, 6.07) is -0.323. The van der Waals surface area contributed by atoms with E-state index in [1.807, 2.05) is 0 Å². The number of aliphatic hydroxyl groups is 1. The Hall–Kier alpha value is -1.34. The molecule has 1 aliphatic carbocycles. The van der Waals surface area contributed by atoms with Gasteiger partial charge in [0.2, 0.25) is 0 Å². The maximum absolute atomic E-state index is 12.2. The molecular formula is C14H24N2O5. The molecule has 0 aromatic rings. The molecule has 120 valence electrons. The van der Waals surface area contributed by atoms with E-state index in [0.717, 1.165) is 6.42 Å². The van der Waals surface area contributed by atoms with Crippen molar-refractivity contribution in [3.63, 3.8) is 0 Å². The Labute approximate surface area is 124 Å². The second-order valence-corrected chi connectivity index (χ2v) is 6.33. The molecule has 0 aromatic carbocycles. The van der Waals surface area contributed by atoms with Crippen LogP contribution >= 0.6 is 0 Å². The van der Waals surface area contributed by atoms with Crippen molar-refractivity contribution < 1.29 is 24.5 Å². The quantitative estimate of drug-likeness (QED) is 0.689. The fraction of sp³-hybridized carbons (Fsp3) is 0.857. The lowest BCUT2D eigenvalue weighted by Gasteiger charge is -2.43. The maximum Gasteiger partial charge on any atom is 0.317 e. The van der Waals surface area contributed by atoms with Gasteiger partial charge in [-0.1, -0.05) is 0 Å². The van der Waals surface area contributed by atoms with Crippen LogP contribution in [-0.2, 0) is 9.53 Å². The topological polar surface area (TPSA) is 99.1 Å². The number of hydrogen-bond acceptors (Lipinski definition) is 4. The monoisotopic (exact) mass is 300 g/mol. The van der Waals surface area contributed by atoms with E-state index >= 15 is 0 Å². The number of rotatable bonds is 5. The lowest BCUT2D eigenvalue weighted by atomic mass is 9.74. The van der Waals surface area contributed by atoms with Gasteiger partial charge in [0, 0.05) is 33.1 Å². The predicted molar refractivity (Wildman–Crippen MR) is 75.0 cm³/mol. The SMILES string of the molecule is CN(CC1(O)CCOCC1)C(=O)NC1(CC(=O)O)CCC1. The highest BCUT2D eigenvalue weighted by molar-refractivity contribution is 5.77. The lowest BCUT2D eigenvalue weighted by molar-refractivity contribution is -0.139. The van der Waals surface area contributed by atoms with Crippen molar-refractivity contribution in [2.75, 3.05) is 26.8 Å². The molecule has 1 heterocycles. The first-order valence-electron chi connectivity index (χ1n) is 7.39. The molecule has 2 fully saturated rings. The fourth-order valence-electron chi connectivity index (χ4n) is 2.98. The van der Waals surface area contributed by atoms with E-state index in [2.05, 4.69) is 5.32 Å². The van der Waals surface area contributed by atoms with Gasteiger partial charge in [0.05, 0.1) is 24.1 Å². The van der Waals surface area contributed by atoms with Crippen LogP contribution in [0.2, 0.25) is 0 Å². The van der Waals surface area contributed by atoms with Crippen LogP contribution in [0.3, 0.4) is 0 Å². The smallest absolute Gasteiger partial charge is 0.317 e. The summed E-state index contributed by atoms with van der Waals surface area (Å²) in [6.07, 6.45) is 3.27. The summed E-state index contributed by atoms with van der Waals surface area (Å²) >= 11 is 0. The molecule has 1 aliphatic heterocycles. The average Bonchev–Trinajstić information content (AvgIpc) is 2.35. The number of aliphatic carboxylic acids is 1. The minimum atomic E-state index is -0.913. The van der Waals surface area contributed by atoms with Crippen LogP contribution in [0.15, 0.2) is 0 Å². The normalized spacial score (nSPS) is 23.0. The van der Waals surface area contributed by atoms with Crippen LogP contribution in [0.4, 0.5) is 4.79 Å². The highest BCUT2D eigenvalue weighted by Crippen LogP contribution is 2.35. The van der Waals surface area contributed by atoms with Crippen molar-refractivity contribution >= 4 is 12.0 Å². The first-order chi connectivity index (χ1) is 9.84. The number of amides is 2. The van der Waals surface area contributed by atoms with Crippen LogP contribution < -0.4 is 5.32 Å².